The molecule has 1 aromatic heterocycles. The maximum absolute atomic E-state index is 12.2. The zero-order chi connectivity index (χ0) is 17.5. The van der Waals surface area contributed by atoms with Crippen molar-refractivity contribution >= 4 is 17.3 Å². The lowest BCUT2D eigenvalue weighted by molar-refractivity contribution is 0.0951. The third-order valence-corrected chi connectivity index (χ3v) is 3.87. The number of pyridine rings is 1. The molecule has 0 aliphatic heterocycles. The summed E-state index contributed by atoms with van der Waals surface area (Å²) < 4.78 is 0. The molecule has 2 N–H and O–H groups in total. The predicted octanol–water partition coefficient (Wildman–Crippen LogP) is 4.72. The van der Waals surface area contributed by atoms with Crippen molar-refractivity contribution in [3.05, 3.63) is 53.9 Å². The fourth-order valence-corrected chi connectivity index (χ4v) is 2.48. The van der Waals surface area contributed by atoms with Crippen LogP contribution in [0.5, 0.6) is 0 Å². The normalized spacial score (nSPS) is 10.9. The van der Waals surface area contributed by atoms with Crippen LogP contribution in [0.3, 0.4) is 0 Å². The Morgan fingerprint density at radius 2 is 1.88 bits per heavy atom. The molecule has 0 atom stereocenters. The van der Waals surface area contributed by atoms with Crippen LogP contribution in [0.4, 0.5) is 11.4 Å². The van der Waals surface area contributed by atoms with E-state index in [1.54, 1.807) is 12.4 Å². The van der Waals surface area contributed by atoms with E-state index in [2.05, 4.69) is 49.4 Å². The number of carbonyl (C=O) groups is 1. The lowest BCUT2D eigenvalue weighted by Crippen LogP contribution is -2.25. The number of hydrogen-bond donors (Lipinski definition) is 2. The van der Waals surface area contributed by atoms with Crippen LogP contribution >= 0.6 is 0 Å². The number of nitrogens with zero attached hydrogens (tertiary/aromatic N) is 1. The van der Waals surface area contributed by atoms with Crippen LogP contribution in [-0.4, -0.2) is 17.4 Å². The van der Waals surface area contributed by atoms with Gasteiger partial charge in [0.1, 0.15) is 0 Å². The molecule has 0 spiro atoms. The Hall–Kier alpha value is -2.36. The van der Waals surface area contributed by atoms with Crippen molar-refractivity contribution in [2.75, 3.05) is 11.9 Å². The molecule has 0 fully saturated rings. The summed E-state index contributed by atoms with van der Waals surface area (Å²) in [5.41, 5.74) is 3.68. The molecule has 1 heterocycles. The van der Waals surface area contributed by atoms with Crippen molar-refractivity contribution in [3.8, 4) is 0 Å². The van der Waals surface area contributed by atoms with Gasteiger partial charge in [-0.3, -0.25) is 9.78 Å². The molecule has 1 amide bonds. The molecular formula is C20H27N3O. The standard InChI is InChI=1S/C20H27N3O/c1-14(2)9-10-22-20(24)16-11-17(13-21-12-16)23-19-8-6-5-7-18(19)15(3)4/h5-8,11-15,23H,9-10H2,1-4H3,(H,22,24). The van der Waals surface area contributed by atoms with Crippen LogP contribution in [0.15, 0.2) is 42.7 Å². The number of anilines is 2. The summed E-state index contributed by atoms with van der Waals surface area (Å²) in [6.07, 6.45) is 4.31. The summed E-state index contributed by atoms with van der Waals surface area (Å²) in [7, 11) is 0. The first kappa shape index (κ1) is 18.0. The number of benzene rings is 1. The smallest absolute Gasteiger partial charge is 0.252 e. The molecule has 0 bridgehead atoms. The molecule has 0 aliphatic carbocycles. The lowest BCUT2D eigenvalue weighted by Gasteiger charge is -2.15. The highest BCUT2D eigenvalue weighted by molar-refractivity contribution is 5.94. The van der Waals surface area contributed by atoms with Crippen molar-refractivity contribution in [2.45, 2.75) is 40.0 Å². The minimum Gasteiger partial charge on any atom is -0.354 e. The van der Waals surface area contributed by atoms with Crippen LogP contribution in [0.25, 0.3) is 0 Å². The number of para-hydroxylation sites is 1. The van der Waals surface area contributed by atoms with Crippen LogP contribution in [0, 0.1) is 5.92 Å². The van der Waals surface area contributed by atoms with Crippen LogP contribution < -0.4 is 10.6 Å². The van der Waals surface area contributed by atoms with Gasteiger partial charge in [0.2, 0.25) is 0 Å². The van der Waals surface area contributed by atoms with Crippen molar-refractivity contribution in [2.24, 2.45) is 5.92 Å². The molecule has 1 aromatic carbocycles. The Balaban J connectivity index is 2.09. The molecule has 0 aliphatic rings. The van der Waals surface area contributed by atoms with E-state index in [1.807, 2.05) is 24.3 Å². The van der Waals surface area contributed by atoms with E-state index in [0.717, 1.165) is 17.8 Å². The van der Waals surface area contributed by atoms with Gasteiger partial charge in [-0.1, -0.05) is 45.9 Å². The Kier molecular flexibility index (Phi) is 6.36. The maximum atomic E-state index is 12.2. The number of amides is 1. The Morgan fingerprint density at radius 1 is 1.12 bits per heavy atom. The molecule has 0 saturated carbocycles. The molecule has 4 heteroatoms. The van der Waals surface area contributed by atoms with Gasteiger partial charge in [-0.2, -0.15) is 0 Å². The third kappa shape index (κ3) is 5.08. The fourth-order valence-electron chi connectivity index (χ4n) is 2.48. The second kappa shape index (κ2) is 8.48. The maximum Gasteiger partial charge on any atom is 0.252 e. The summed E-state index contributed by atoms with van der Waals surface area (Å²) in [4.78, 5) is 16.4. The zero-order valence-corrected chi connectivity index (χ0v) is 15.0. The largest absolute Gasteiger partial charge is 0.354 e. The van der Waals surface area contributed by atoms with Gasteiger partial charge < -0.3 is 10.6 Å². The Bertz CT molecular complexity index is 680. The van der Waals surface area contributed by atoms with Gasteiger partial charge in [-0.15, -0.1) is 0 Å². The van der Waals surface area contributed by atoms with Gasteiger partial charge in [0.25, 0.3) is 5.91 Å². The van der Waals surface area contributed by atoms with E-state index >= 15 is 0 Å². The van der Waals surface area contributed by atoms with Gasteiger partial charge in [-0.25, -0.2) is 0 Å². The molecule has 128 valence electrons. The minimum atomic E-state index is -0.0797. The molecule has 0 radical (unpaired) electrons. The van der Waals surface area contributed by atoms with Gasteiger partial charge in [0.15, 0.2) is 0 Å². The van der Waals surface area contributed by atoms with Gasteiger partial charge in [0.05, 0.1) is 17.4 Å². The molecule has 4 nitrogen and oxygen atoms in total. The molecule has 24 heavy (non-hydrogen) atoms. The fraction of sp³-hybridized carbons (Fsp3) is 0.400. The molecular weight excluding hydrogens is 298 g/mol. The van der Waals surface area contributed by atoms with Crippen molar-refractivity contribution in [3.63, 3.8) is 0 Å². The van der Waals surface area contributed by atoms with E-state index in [9.17, 15) is 4.79 Å². The quantitative estimate of drug-likeness (QED) is 0.774. The molecule has 2 rings (SSSR count). The van der Waals surface area contributed by atoms with E-state index in [-0.39, 0.29) is 5.91 Å². The second-order valence-electron chi connectivity index (χ2n) is 6.77. The van der Waals surface area contributed by atoms with Crippen LogP contribution in [-0.2, 0) is 0 Å². The van der Waals surface area contributed by atoms with Crippen molar-refractivity contribution < 1.29 is 4.79 Å². The predicted molar refractivity (Wildman–Crippen MR) is 99.8 cm³/mol. The molecule has 2 aromatic rings. The van der Waals surface area contributed by atoms with Gasteiger partial charge in [-0.05, 0) is 36.0 Å². The average Bonchev–Trinajstić information content (AvgIpc) is 2.55. The first-order chi connectivity index (χ1) is 11.5. The third-order valence-electron chi connectivity index (χ3n) is 3.87. The van der Waals surface area contributed by atoms with Crippen LogP contribution in [0.1, 0.15) is 56.0 Å². The summed E-state index contributed by atoms with van der Waals surface area (Å²) in [5, 5.41) is 6.33. The van der Waals surface area contributed by atoms with Gasteiger partial charge in [0, 0.05) is 18.4 Å². The average molecular weight is 325 g/mol. The number of rotatable bonds is 7. The Labute approximate surface area is 144 Å². The summed E-state index contributed by atoms with van der Waals surface area (Å²) in [5.74, 6) is 0.914. The highest BCUT2D eigenvalue weighted by atomic mass is 16.1. The SMILES string of the molecule is CC(C)CCNC(=O)c1cncc(Nc2ccccc2C(C)C)c1. The molecule has 0 unspecified atom stereocenters. The topological polar surface area (TPSA) is 54.0 Å². The second-order valence-corrected chi connectivity index (χ2v) is 6.77. The van der Waals surface area contributed by atoms with E-state index in [1.165, 1.54) is 5.56 Å². The summed E-state index contributed by atoms with van der Waals surface area (Å²) in [6, 6.07) is 10.0. The van der Waals surface area contributed by atoms with Crippen LogP contribution in [0.2, 0.25) is 0 Å². The number of hydrogen-bond acceptors (Lipinski definition) is 3. The number of carbonyl (C=O) groups excluding carboxylic acids is 1. The lowest BCUT2D eigenvalue weighted by atomic mass is 10.0. The van der Waals surface area contributed by atoms with Crippen molar-refractivity contribution in [1.82, 2.24) is 10.3 Å². The van der Waals surface area contributed by atoms with Crippen molar-refractivity contribution in [1.29, 1.82) is 0 Å². The number of nitrogens with one attached hydrogen (secondary N) is 2. The number of aromatic nitrogens is 1. The van der Waals surface area contributed by atoms with E-state index in [0.29, 0.717) is 23.9 Å². The summed E-state index contributed by atoms with van der Waals surface area (Å²) in [6.45, 7) is 9.30. The van der Waals surface area contributed by atoms with E-state index in [4.69, 9.17) is 0 Å². The highest BCUT2D eigenvalue weighted by Gasteiger charge is 2.09. The minimum absolute atomic E-state index is 0.0797. The molecule has 0 saturated heterocycles. The first-order valence-corrected chi connectivity index (χ1v) is 8.56. The first-order valence-electron chi connectivity index (χ1n) is 8.56. The van der Waals surface area contributed by atoms with Gasteiger partial charge >= 0.3 is 0 Å². The highest BCUT2D eigenvalue weighted by Crippen LogP contribution is 2.26. The summed E-state index contributed by atoms with van der Waals surface area (Å²) >= 11 is 0. The Morgan fingerprint density at radius 3 is 2.58 bits per heavy atom. The van der Waals surface area contributed by atoms with E-state index < -0.39 is 0 Å². The monoisotopic (exact) mass is 325 g/mol. The zero-order valence-electron chi connectivity index (χ0n) is 15.0.